The Balaban J connectivity index is 1.72. The molecule has 2 atom stereocenters. The molecule has 1 amide bonds. The lowest BCUT2D eigenvalue weighted by molar-refractivity contribution is -0.150. The maximum Gasteiger partial charge on any atom is 0.342 e. The molecule has 0 heterocycles. The number of aliphatic hydroxyl groups excluding tert-OH is 1. The Hall–Kier alpha value is -3.84. The summed E-state index contributed by atoms with van der Waals surface area (Å²) in [4.78, 5) is 36.4. The zero-order valence-corrected chi connectivity index (χ0v) is 16.2. The topological polar surface area (TPSA) is 107 Å². The normalized spacial score (nSPS) is 19.5. The molecule has 0 bridgehead atoms. The molecule has 2 unspecified atom stereocenters. The van der Waals surface area contributed by atoms with Crippen LogP contribution in [0.25, 0.3) is 11.1 Å². The molecule has 156 valence electrons. The van der Waals surface area contributed by atoms with Gasteiger partial charge in [-0.25, -0.2) is 9.18 Å². The number of aliphatic hydroxyl groups is 1. The largest absolute Gasteiger partial charge is 0.437 e. The van der Waals surface area contributed by atoms with Crippen molar-refractivity contribution in [2.45, 2.75) is 18.1 Å². The number of fused-ring (bicyclic) bond motifs is 1. The lowest BCUT2D eigenvalue weighted by atomic mass is 9.91. The SMILES string of the molecule is NC(=O)C1(OC(=O)c2ccc(-c3ccccc3)cc2F)c2cc(C=O)ccc2CC1O. The average molecular weight is 419 g/mol. The van der Waals surface area contributed by atoms with Crippen LogP contribution in [0.4, 0.5) is 4.39 Å². The van der Waals surface area contributed by atoms with Crippen LogP contribution in [0.15, 0.2) is 66.7 Å². The van der Waals surface area contributed by atoms with E-state index in [-0.39, 0.29) is 17.5 Å². The number of rotatable bonds is 5. The number of ether oxygens (including phenoxy) is 1. The summed E-state index contributed by atoms with van der Waals surface area (Å²) in [6.07, 6.45) is -0.932. The van der Waals surface area contributed by atoms with Crippen LogP contribution in [0.3, 0.4) is 0 Å². The van der Waals surface area contributed by atoms with Crippen LogP contribution in [-0.4, -0.2) is 29.4 Å². The Kier molecular flexibility index (Phi) is 5.12. The molecule has 3 aromatic rings. The van der Waals surface area contributed by atoms with Gasteiger partial charge in [0.05, 0.1) is 5.56 Å². The minimum Gasteiger partial charge on any atom is -0.437 e. The zero-order chi connectivity index (χ0) is 22.2. The number of carbonyl (C=O) groups excluding carboxylic acids is 3. The summed E-state index contributed by atoms with van der Waals surface area (Å²) in [6, 6.07) is 17.4. The second kappa shape index (κ2) is 7.77. The van der Waals surface area contributed by atoms with Crippen LogP contribution >= 0.6 is 0 Å². The van der Waals surface area contributed by atoms with Crippen LogP contribution in [0.2, 0.25) is 0 Å². The second-order valence-corrected chi connectivity index (χ2v) is 7.30. The first-order chi connectivity index (χ1) is 14.9. The van der Waals surface area contributed by atoms with Crippen molar-refractivity contribution in [2.75, 3.05) is 0 Å². The van der Waals surface area contributed by atoms with E-state index in [4.69, 9.17) is 10.5 Å². The van der Waals surface area contributed by atoms with Gasteiger partial charge in [0, 0.05) is 17.5 Å². The number of carbonyl (C=O) groups is 3. The van der Waals surface area contributed by atoms with Gasteiger partial charge in [0.15, 0.2) is 0 Å². The molecule has 0 radical (unpaired) electrons. The summed E-state index contributed by atoms with van der Waals surface area (Å²) in [7, 11) is 0. The van der Waals surface area contributed by atoms with E-state index in [9.17, 15) is 23.9 Å². The summed E-state index contributed by atoms with van der Waals surface area (Å²) < 4.78 is 20.2. The molecule has 0 fully saturated rings. The van der Waals surface area contributed by atoms with Crippen molar-refractivity contribution < 1.29 is 28.6 Å². The fraction of sp³-hybridized carbons (Fsp3) is 0.125. The standard InChI is InChI=1S/C24H18FNO5/c25-20-11-16(15-4-2-1-3-5-15)8-9-18(20)22(29)31-24(23(26)30)19-10-14(13-27)6-7-17(19)12-21(24)28/h1-11,13,21,28H,12H2,(H2,26,30). The van der Waals surface area contributed by atoms with Gasteiger partial charge in [-0.2, -0.15) is 0 Å². The molecule has 1 aliphatic carbocycles. The van der Waals surface area contributed by atoms with Crippen molar-refractivity contribution in [3.63, 3.8) is 0 Å². The van der Waals surface area contributed by atoms with E-state index < -0.39 is 35.0 Å². The van der Waals surface area contributed by atoms with Crippen molar-refractivity contribution in [1.82, 2.24) is 0 Å². The van der Waals surface area contributed by atoms with Crippen molar-refractivity contribution in [2.24, 2.45) is 5.73 Å². The molecule has 0 aromatic heterocycles. The number of nitrogens with two attached hydrogens (primary N) is 1. The van der Waals surface area contributed by atoms with Gasteiger partial charge in [-0.05, 0) is 34.9 Å². The fourth-order valence-corrected chi connectivity index (χ4v) is 3.88. The maximum absolute atomic E-state index is 14.8. The van der Waals surface area contributed by atoms with E-state index in [1.165, 1.54) is 24.3 Å². The van der Waals surface area contributed by atoms with E-state index in [1.54, 1.807) is 36.4 Å². The molecule has 31 heavy (non-hydrogen) atoms. The lowest BCUT2D eigenvalue weighted by Gasteiger charge is -2.30. The van der Waals surface area contributed by atoms with Gasteiger partial charge in [0.25, 0.3) is 5.91 Å². The highest BCUT2D eigenvalue weighted by Gasteiger charge is 2.55. The highest BCUT2D eigenvalue weighted by atomic mass is 19.1. The predicted molar refractivity (Wildman–Crippen MR) is 110 cm³/mol. The molecule has 3 aromatic carbocycles. The summed E-state index contributed by atoms with van der Waals surface area (Å²) in [5.74, 6) is -3.11. The molecule has 6 nitrogen and oxygen atoms in total. The highest BCUT2D eigenvalue weighted by Crippen LogP contribution is 2.41. The highest BCUT2D eigenvalue weighted by molar-refractivity contribution is 5.96. The number of hydrogen-bond acceptors (Lipinski definition) is 5. The number of aldehydes is 1. The smallest absolute Gasteiger partial charge is 0.342 e. The minimum atomic E-state index is -2.23. The Morgan fingerprint density at radius 3 is 2.45 bits per heavy atom. The third kappa shape index (κ3) is 3.39. The Morgan fingerprint density at radius 2 is 1.81 bits per heavy atom. The predicted octanol–water partition coefficient (Wildman–Crippen LogP) is 2.76. The van der Waals surface area contributed by atoms with Crippen LogP contribution in [0.1, 0.15) is 31.8 Å². The molecule has 0 spiro atoms. The van der Waals surface area contributed by atoms with Gasteiger partial charge in [-0.3, -0.25) is 9.59 Å². The average Bonchev–Trinajstić information content (AvgIpc) is 3.05. The van der Waals surface area contributed by atoms with Gasteiger partial charge >= 0.3 is 5.97 Å². The molecular weight excluding hydrogens is 401 g/mol. The Labute approximate surface area is 177 Å². The van der Waals surface area contributed by atoms with Crippen molar-refractivity contribution >= 4 is 18.2 Å². The molecule has 0 aliphatic heterocycles. The van der Waals surface area contributed by atoms with Gasteiger partial charge in [0.1, 0.15) is 18.2 Å². The molecule has 3 N–H and O–H groups in total. The number of halogens is 1. The van der Waals surface area contributed by atoms with Gasteiger partial charge < -0.3 is 15.6 Å². The molecular formula is C24H18FNO5. The van der Waals surface area contributed by atoms with Crippen LogP contribution in [-0.2, 0) is 21.6 Å². The van der Waals surface area contributed by atoms with Gasteiger partial charge in [0.2, 0.25) is 5.60 Å². The Bertz CT molecular complexity index is 1190. The van der Waals surface area contributed by atoms with E-state index in [1.807, 2.05) is 6.07 Å². The summed E-state index contributed by atoms with van der Waals surface area (Å²) in [5.41, 5.74) is 5.05. The van der Waals surface area contributed by atoms with Crippen LogP contribution in [0, 0.1) is 5.82 Å². The quantitative estimate of drug-likeness (QED) is 0.489. The molecule has 4 rings (SSSR count). The monoisotopic (exact) mass is 419 g/mol. The van der Waals surface area contributed by atoms with E-state index in [0.29, 0.717) is 17.4 Å². The molecule has 7 heteroatoms. The van der Waals surface area contributed by atoms with E-state index in [2.05, 4.69) is 0 Å². The number of esters is 1. The molecule has 1 aliphatic rings. The van der Waals surface area contributed by atoms with Crippen molar-refractivity contribution in [1.29, 1.82) is 0 Å². The number of benzene rings is 3. The fourth-order valence-electron chi connectivity index (χ4n) is 3.88. The summed E-state index contributed by atoms with van der Waals surface area (Å²) in [6.45, 7) is 0. The lowest BCUT2D eigenvalue weighted by Crippen LogP contribution is -2.51. The first kappa shape index (κ1) is 20.4. The summed E-state index contributed by atoms with van der Waals surface area (Å²) in [5, 5.41) is 10.6. The molecule has 0 saturated carbocycles. The van der Waals surface area contributed by atoms with Crippen molar-refractivity contribution in [3.8, 4) is 11.1 Å². The minimum absolute atomic E-state index is 0.0138. The Morgan fingerprint density at radius 1 is 1.06 bits per heavy atom. The number of primary amides is 1. The number of amides is 1. The van der Waals surface area contributed by atoms with Gasteiger partial charge in [-0.1, -0.05) is 48.5 Å². The van der Waals surface area contributed by atoms with E-state index in [0.717, 1.165) is 5.56 Å². The first-order valence-corrected chi connectivity index (χ1v) is 9.51. The van der Waals surface area contributed by atoms with Gasteiger partial charge in [-0.15, -0.1) is 0 Å². The third-order valence-electron chi connectivity index (χ3n) is 5.47. The second-order valence-electron chi connectivity index (χ2n) is 7.30. The molecule has 0 saturated heterocycles. The van der Waals surface area contributed by atoms with E-state index >= 15 is 0 Å². The third-order valence-corrected chi connectivity index (χ3v) is 5.47. The number of hydrogen-bond donors (Lipinski definition) is 2. The first-order valence-electron chi connectivity index (χ1n) is 9.51. The summed E-state index contributed by atoms with van der Waals surface area (Å²) >= 11 is 0. The van der Waals surface area contributed by atoms with Crippen LogP contribution in [0.5, 0.6) is 0 Å². The van der Waals surface area contributed by atoms with Crippen LogP contribution < -0.4 is 5.73 Å². The van der Waals surface area contributed by atoms with Crippen molar-refractivity contribution in [3.05, 3.63) is 94.8 Å². The maximum atomic E-state index is 14.8. The zero-order valence-electron chi connectivity index (χ0n) is 16.2.